The molecule has 2 nitrogen and oxygen atoms in total. The van der Waals surface area contributed by atoms with Gasteiger partial charge in [0.15, 0.2) is 0 Å². The standard InChI is InChI=1S/2C9H12O.2C5H5.Zr/c2*1-6-4-5-9(10)8(3)7(6)2;2*1-2-4-5-3-1;/h2*4-5,10H,1-3H3;2*1-5H;/q;;2*-1;+2. The van der Waals surface area contributed by atoms with Crippen molar-refractivity contribution in [3.63, 3.8) is 0 Å². The predicted octanol–water partition coefficient (Wildman–Crippen LogP) is 7.44. The van der Waals surface area contributed by atoms with Gasteiger partial charge in [-0.05, 0) is 87.1 Å². The van der Waals surface area contributed by atoms with E-state index in [9.17, 15) is 10.2 Å². The molecule has 0 aliphatic heterocycles. The number of phenolic OH excluding ortho intramolecular Hbond substituents is 2. The van der Waals surface area contributed by atoms with Crippen LogP contribution >= 0.6 is 0 Å². The summed E-state index contributed by atoms with van der Waals surface area (Å²) in [6.45, 7) is 12.0. The van der Waals surface area contributed by atoms with Crippen molar-refractivity contribution in [2.75, 3.05) is 0 Å². The molecule has 0 aromatic heterocycles. The monoisotopic (exact) mass is 492 g/mol. The second-order valence-electron chi connectivity index (χ2n) is 7.23. The summed E-state index contributed by atoms with van der Waals surface area (Å²) in [7, 11) is 0. The van der Waals surface area contributed by atoms with Crippen LogP contribution in [0.15, 0.2) is 84.9 Å². The Morgan fingerprint density at radius 1 is 0.484 bits per heavy atom. The molecule has 0 saturated heterocycles. The van der Waals surface area contributed by atoms with E-state index >= 15 is 0 Å². The first kappa shape index (κ1) is 28.6. The maximum Gasteiger partial charge on any atom is 2.00 e. The molecule has 4 aromatic carbocycles. The third kappa shape index (κ3) is 10.5. The largest absolute Gasteiger partial charge is 2.00 e. The van der Waals surface area contributed by atoms with Crippen LogP contribution in [0, 0.1) is 41.5 Å². The first-order valence-electron chi connectivity index (χ1n) is 10.1. The fourth-order valence-electron chi connectivity index (χ4n) is 2.53. The minimum atomic E-state index is 0. The van der Waals surface area contributed by atoms with E-state index in [1.807, 2.05) is 114 Å². The van der Waals surface area contributed by atoms with Gasteiger partial charge in [0.2, 0.25) is 0 Å². The molecule has 0 fully saturated rings. The molecule has 3 heteroatoms. The van der Waals surface area contributed by atoms with Crippen LogP contribution in [-0.2, 0) is 26.2 Å². The number of rotatable bonds is 0. The van der Waals surface area contributed by atoms with Crippen LogP contribution in [0.5, 0.6) is 11.5 Å². The molecule has 0 radical (unpaired) electrons. The number of aryl methyl sites for hydroxylation is 2. The summed E-state index contributed by atoms with van der Waals surface area (Å²) in [6, 6.07) is 27.3. The van der Waals surface area contributed by atoms with Crippen molar-refractivity contribution in [1.29, 1.82) is 0 Å². The number of hydrogen-bond acceptors (Lipinski definition) is 2. The number of aromatic hydroxyl groups is 2. The molecule has 4 aromatic rings. The zero-order valence-corrected chi connectivity index (χ0v) is 21.9. The average molecular weight is 494 g/mol. The quantitative estimate of drug-likeness (QED) is 0.250. The second-order valence-corrected chi connectivity index (χ2v) is 7.23. The van der Waals surface area contributed by atoms with Gasteiger partial charge in [0, 0.05) is 0 Å². The molecule has 0 heterocycles. The Morgan fingerprint density at radius 3 is 0.968 bits per heavy atom. The van der Waals surface area contributed by atoms with E-state index < -0.39 is 0 Å². The molecule has 0 saturated carbocycles. The van der Waals surface area contributed by atoms with Gasteiger partial charge in [0.25, 0.3) is 0 Å². The van der Waals surface area contributed by atoms with Crippen molar-refractivity contribution in [2.24, 2.45) is 0 Å². The SMILES string of the molecule is Cc1ccc(O)c(C)c1C.Cc1ccc(O)c(C)c1C.[Zr+2].c1cc[cH-]c1.c1cc[cH-]c1. The molecule has 2 N–H and O–H groups in total. The minimum Gasteiger partial charge on any atom is -0.508 e. The maximum atomic E-state index is 9.22. The van der Waals surface area contributed by atoms with Crippen molar-refractivity contribution >= 4 is 0 Å². The van der Waals surface area contributed by atoms with Gasteiger partial charge in [-0.1, -0.05) is 12.1 Å². The third-order valence-corrected chi connectivity index (χ3v) is 5.17. The average Bonchev–Trinajstić information content (AvgIpc) is 3.50. The molecule has 0 spiro atoms. The van der Waals surface area contributed by atoms with Crippen LogP contribution in [0.4, 0.5) is 0 Å². The van der Waals surface area contributed by atoms with E-state index in [1.165, 1.54) is 22.3 Å². The third-order valence-electron chi connectivity index (χ3n) is 5.17. The normalized spacial score (nSPS) is 8.97. The fraction of sp³-hybridized carbons (Fsp3) is 0.214. The number of benzene rings is 2. The van der Waals surface area contributed by atoms with Crippen LogP contribution in [-0.4, -0.2) is 10.2 Å². The summed E-state index contributed by atoms with van der Waals surface area (Å²) in [6.07, 6.45) is 0. The Balaban J connectivity index is 0.000000401. The molecule has 0 aliphatic rings. The first-order valence-corrected chi connectivity index (χ1v) is 10.1. The molecule has 0 amide bonds. The summed E-state index contributed by atoms with van der Waals surface area (Å²) in [5, 5.41) is 18.4. The molecular formula is C28H34O2Zr. The van der Waals surface area contributed by atoms with Gasteiger partial charge in [-0.3, -0.25) is 0 Å². The molecule has 162 valence electrons. The van der Waals surface area contributed by atoms with Crippen LogP contribution in [0.1, 0.15) is 33.4 Å². The van der Waals surface area contributed by atoms with Crippen LogP contribution in [0.3, 0.4) is 0 Å². The van der Waals surface area contributed by atoms with Crippen molar-refractivity contribution in [1.82, 2.24) is 0 Å². The number of phenols is 2. The topological polar surface area (TPSA) is 40.5 Å². The Hall–Kier alpha value is -2.38. The van der Waals surface area contributed by atoms with Gasteiger partial charge in [-0.15, -0.1) is 0 Å². The summed E-state index contributed by atoms with van der Waals surface area (Å²) in [5.74, 6) is 0.784. The zero-order chi connectivity index (χ0) is 22.5. The predicted molar refractivity (Wildman–Crippen MR) is 129 cm³/mol. The number of hydrogen-bond donors (Lipinski definition) is 2. The van der Waals surface area contributed by atoms with Crippen LogP contribution < -0.4 is 0 Å². The van der Waals surface area contributed by atoms with E-state index in [1.54, 1.807) is 12.1 Å². The Kier molecular flexibility index (Phi) is 14.2. The van der Waals surface area contributed by atoms with E-state index in [4.69, 9.17) is 0 Å². The van der Waals surface area contributed by atoms with E-state index in [0.29, 0.717) is 11.5 Å². The van der Waals surface area contributed by atoms with Crippen molar-refractivity contribution in [3.05, 3.63) is 118 Å². The summed E-state index contributed by atoms with van der Waals surface area (Å²) >= 11 is 0. The van der Waals surface area contributed by atoms with E-state index in [2.05, 4.69) is 0 Å². The van der Waals surface area contributed by atoms with Gasteiger partial charge in [-0.2, -0.15) is 36.4 Å². The van der Waals surface area contributed by atoms with Crippen LogP contribution in [0.25, 0.3) is 0 Å². The van der Waals surface area contributed by atoms with Crippen molar-refractivity contribution in [2.45, 2.75) is 41.5 Å². The summed E-state index contributed by atoms with van der Waals surface area (Å²) < 4.78 is 0. The van der Waals surface area contributed by atoms with Gasteiger partial charge in [-0.25, -0.2) is 24.3 Å². The molecule has 0 bridgehead atoms. The molecule has 31 heavy (non-hydrogen) atoms. The Labute approximate surface area is 207 Å². The Morgan fingerprint density at radius 2 is 0.774 bits per heavy atom. The molecular weight excluding hydrogens is 460 g/mol. The first-order chi connectivity index (χ1) is 14.3. The molecule has 4 rings (SSSR count). The molecule has 0 unspecified atom stereocenters. The van der Waals surface area contributed by atoms with Gasteiger partial charge < -0.3 is 10.2 Å². The second kappa shape index (κ2) is 15.4. The molecule has 0 atom stereocenters. The van der Waals surface area contributed by atoms with Crippen LogP contribution in [0.2, 0.25) is 0 Å². The molecule has 0 aliphatic carbocycles. The van der Waals surface area contributed by atoms with E-state index in [-0.39, 0.29) is 26.2 Å². The zero-order valence-electron chi connectivity index (χ0n) is 19.5. The van der Waals surface area contributed by atoms with Crippen molar-refractivity contribution in [3.8, 4) is 11.5 Å². The van der Waals surface area contributed by atoms with Gasteiger partial charge in [0.1, 0.15) is 11.5 Å². The maximum absolute atomic E-state index is 9.22. The minimum absolute atomic E-state index is 0. The fourth-order valence-corrected chi connectivity index (χ4v) is 2.53. The van der Waals surface area contributed by atoms with Crippen molar-refractivity contribution < 1.29 is 36.4 Å². The van der Waals surface area contributed by atoms with E-state index in [0.717, 1.165) is 11.1 Å². The smallest absolute Gasteiger partial charge is 0.508 e. The summed E-state index contributed by atoms with van der Waals surface area (Å²) in [5.41, 5.74) is 6.80. The van der Waals surface area contributed by atoms with Gasteiger partial charge >= 0.3 is 26.2 Å². The summed E-state index contributed by atoms with van der Waals surface area (Å²) in [4.78, 5) is 0. The van der Waals surface area contributed by atoms with Gasteiger partial charge in [0.05, 0.1) is 0 Å². The Bertz CT molecular complexity index is 799.